The van der Waals surface area contributed by atoms with Gasteiger partial charge in [-0.3, -0.25) is 4.79 Å². The van der Waals surface area contributed by atoms with Crippen molar-refractivity contribution in [3.05, 3.63) is 0 Å². The second-order valence-electron chi connectivity index (χ2n) is 1.56. The van der Waals surface area contributed by atoms with Crippen LogP contribution >= 0.6 is 0 Å². The largest absolute Gasteiger partial charge is 0.483 e. The van der Waals surface area contributed by atoms with Crippen LogP contribution in [0, 0.1) is 0 Å². The molecule has 1 saturated heterocycles. The van der Waals surface area contributed by atoms with Gasteiger partial charge in [0.2, 0.25) is 0 Å². The van der Waals surface area contributed by atoms with E-state index in [4.69, 9.17) is 9.90 Å². The Morgan fingerprint density at radius 1 is 1.30 bits per heavy atom. The van der Waals surface area contributed by atoms with Gasteiger partial charge >= 0.3 is 0 Å². The molecule has 62 valence electrons. The van der Waals surface area contributed by atoms with Crippen LogP contribution in [-0.2, 0) is 4.79 Å². The predicted molar refractivity (Wildman–Crippen MR) is 42.1 cm³/mol. The molecule has 3 nitrogen and oxygen atoms in total. The standard InChI is InChI=1S/C4H9N.C2H6.CH2O2/c1-2-4-5-3-1;1-2;2-1-3/h5H,1-4H2;1-2H3;1H,(H,2,3). The lowest BCUT2D eigenvalue weighted by Crippen LogP contribution is -2.03. The van der Waals surface area contributed by atoms with Crippen molar-refractivity contribution >= 4 is 6.47 Å². The Morgan fingerprint density at radius 2 is 1.60 bits per heavy atom. The van der Waals surface area contributed by atoms with Crippen LogP contribution in [0.3, 0.4) is 0 Å². The maximum absolute atomic E-state index is 8.36. The summed E-state index contributed by atoms with van der Waals surface area (Å²) < 4.78 is 0. The van der Waals surface area contributed by atoms with Crippen molar-refractivity contribution in [1.82, 2.24) is 5.32 Å². The van der Waals surface area contributed by atoms with Gasteiger partial charge in [-0.1, -0.05) is 13.8 Å². The Morgan fingerprint density at radius 3 is 1.70 bits per heavy atom. The number of hydrogen-bond acceptors (Lipinski definition) is 2. The zero-order valence-corrected chi connectivity index (χ0v) is 6.76. The van der Waals surface area contributed by atoms with Gasteiger partial charge in [-0.05, 0) is 25.9 Å². The number of nitrogens with one attached hydrogen (secondary N) is 1. The zero-order chi connectivity index (χ0) is 8.24. The zero-order valence-electron chi connectivity index (χ0n) is 6.76. The minimum Gasteiger partial charge on any atom is -0.483 e. The van der Waals surface area contributed by atoms with Crippen molar-refractivity contribution in [2.45, 2.75) is 26.7 Å². The minimum absolute atomic E-state index is 0.250. The number of hydrogen-bond donors (Lipinski definition) is 2. The highest BCUT2D eigenvalue weighted by atomic mass is 16.3. The average molecular weight is 147 g/mol. The third-order valence-electron chi connectivity index (χ3n) is 0.957. The number of carboxylic acid groups (broad SMARTS) is 1. The fraction of sp³-hybridized carbons (Fsp3) is 0.857. The molecular weight excluding hydrogens is 130 g/mol. The lowest BCUT2D eigenvalue weighted by molar-refractivity contribution is -0.122. The van der Waals surface area contributed by atoms with E-state index in [0.717, 1.165) is 0 Å². The van der Waals surface area contributed by atoms with Gasteiger partial charge in [-0.2, -0.15) is 0 Å². The van der Waals surface area contributed by atoms with Crippen molar-refractivity contribution in [3.8, 4) is 0 Å². The van der Waals surface area contributed by atoms with Crippen LogP contribution in [-0.4, -0.2) is 24.7 Å². The van der Waals surface area contributed by atoms with E-state index >= 15 is 0 Å². The van der Waals surface area contributed by atoms with Gasteiger partial charge in [-0.15, -0.1) is 0 Å². The minimum atomic E-state index is -0.250. The molecular formula is C7H17NO2. The van der Waals surface area contributed by atoms with Crippen molar-refractivity contribution in [1.29, 1.82) is 0 Å². The third-order valence-corrected chi connectivity index (χ3v) is 0.957. The molecule has 0 atom stereocenters. The van der Waals surface area contributed by atoms with Gasteiger partial charge < -0.3 is 10.4 Å². The van der Waals surface area contributed by atoms with Crippen molar-refractivity contribution in [2.24, 2.45) is 0 Å². The van der Waals surface area contributed by atoms with Crippen LogP contribution in [0.15, 0.2) is 0 Å². The van der Waals surface area contributed by atoms with E-state index < -0.39 is 0 Å². The molecule has 3 heteroatoms. The smallest absolute Gasteiger partial charge is 0.290 e. The Balaban J connectivity index is 0. The summed E-state index contributed by atoms with van der Waals surface area (Å²) >= 11 is 0. The van der Waals surface area contributed by atoms with E-state index in [1.807, 2.05) is 13.8 Å². The van der Waals surface area contributed by atoms with Crippen LogP contribution in [0.2, 0.25) is 0 Å². The molecule has 1 aliphatic rings. The third kappa shape index (κ3) is 15.7. The van der Waals surface area contributed by atoms with E-state index in [-0.39, 0.29) is 6.47 Å². The normalized spacial score (nSPS) is 13.8. The Hall–Kier alpha value is -0.570. The molecule has 0 bridgehead atoms. The summed E-state index contributed by atoms with van der Waals surface area (Å²) in [7, 11) is 0. The fourth-order valence-corrected chi connectivity index (χ4v) is 0.625. The van der Waals surface area contributed by atoms with Gasteiger partial charge in [0.05, 0.1) is 0 Å². The van der Waals surface area contributed by atoms with Crippen molar-refractivity contribution in [3.63, 3.8) is 0 Å². The first-order valence-corrected chi connectivity index (χ1v) is 3.70. The summed E-state index contributed by atoms with van der Waals surface area (Å²) in [5, 5.41) is 10.1. The molecule has 0 unspecified atom stereocenters. The maximum Gasteiger partial charge on any atom is 0.290 e. The predicted octanol–water partition coefficient (Wildman–Crippen LogP) is 1.10. The lowest BCUT2D eigenvalue weighted by Gasteiger charge is -1.76. The second kappa shape index (κ2) is 15.8. The highest BCUT2D eigenvalue weighted by Crippen LogP contribution is 1.90. The van der Waals surface area contributed by atoms with Crippen LogP contribution in [0.1, 0.15) is 26.7 Å². The Labute approximate surface area is 62.4 Å². The maximum atomic E-state index is 8.36. The molecule has 0 aromatic rings. The van der Waals surface area contributed by atoms with Crippen molar-refractivity contribution < 1.29 is 9.90 Å². The molecule has 0 spiro atoms. The molecule has 1 rings (SSSR count). The van der Waals surface area contributed by atoms with Crippen LogP contribution < -0.4 is 5.32 Å². The van der Waals surface area contributed by atoms with Gasteiger partial charge in [0.25, 0.3) is 6.47 Å². The van der Waals surface area contributed by atoms with E-state index in [1.165, 1.54) is 25.9 Å². The summed E-state index contributed by atoms with van der Waals surface area (Å²) in [6, 6.07) is 0. The van der Waals surface area contributed by atoms with Gasteiger partial charge in [-0.25, -0.2) is 0 Å². The summed E-state index contributed by atoms with van der Waals surface area (Å²) in [5.41, 5.74) is 0. The molecule has 1 heterocycles. The molecule has 10 heavy (non-hydrogen) atoms. The molecule has 1 fully saturated rings. The van der Waals surface area contributed by atoms with E-state index in [0.29, 0.717) is 0 Å². The van der Waals surface area contributed by atoms with Gasteiger partial charge in [0, 0.05) is 0 Å². The Kier molecular flexibility index (Phi) is 19.2. The summed E-state index contributed by atoms with van der Waals surface area (Å²) in [6.07, 6.45) is 2.78. The summed E-state index contributed by atoms with van der Waals surface area (Å²) in [4.78, 5) is 8.36. The number of carbonyl (C=O) groups is 1. The van der Waals surface area contributed by atoms with Crippen molar-refractivity contribution in [2.75, 3.05) is 13.1 Å². The first kappa shape index (κ1) is 12.1. The van der Waals surface area contributed by atoms with E-state index in [1.54, 1.807) is 0 Å². The van der Waals surface area contributed by atoms with E-state index in [2.05, 4.69) is 5.32 Å². The van der Waals surface area contributed by atoms with Gasteiger partial charge in [0.1, 0.15) is 0 Å². The quantitative estimate of drug-likeness (QED) is 0.504. The molecule has 0 amide bonds. The fourth-order valence-electron chi connectivity index (χ4n) is 0.625. The lowest BCUT2D eigenvalue weighted by atomic mass is 10.4. The van der Waals surface area contributed by atoms with E-state index in [9.17, 15) is 0 Å². The highest BCUT2D eigenvalue weighted by molar-refractivity contribution is 5.32. The average Bonchev–Trinajstić information content (AvgIpc) is 2.48. The molecule has 1 aliphatic heterocycles. The molecule has 0 radical (unpaired) electrons. The summed E-state index contributed by atoms with van der Waals surface area (Å²) in [5.74, 6) is 0. The van der Waals surface area contributed by atoms with Gasteiger partial charge in [0.15, 0.2) is 0 Å². The molecule has 0 aliphatic carbocycles. The highest BCUT2D eigenvalue weighted by Gasteiger charge is 1.93. The molecule has 0 saturated carbocycles. The van der Waals surface area contributed by atoms with Crippen LogP contribution in [0.5, 0.6) is 0 Å². The van der Waals surface area contributed by atoms with Crippen LogP contribution in [0.25, 0.3) is 0 Å². The molecule has 0 aromatic carbocycles. The van der Waals surface area contributed by atoms with Crippen LogP contribution in [0.4, 0.5) is 0 Å². The number of rotatable bonds is 0. The summed E-state index contributed by atoms with van der Waals surface area (Å²) in [6.45, 7) is 6.25. The second-order valence-corrected chi connectivity index (χ2v) is 1.56. The monoisotopic (exact) mass is 147 g/mol. The first-order chi connectivity index (χ1) is 4.91. The topological polar surface area (TPSA) is 49.3 Å². The SMILES string of the molecule is C1CCNC1.CC.O=CO. The first-order valence-electron chi connectivity index (χ1n) is 3.70. The molecule has 0 aromatic heterocycles. The molecule has 2 N–H and O–H groups in total. The Bertz CT molecular complexity index is 46.0.